The number of carboxylic acid groups (broad SMARTS) is 1. The fourth-order valence-corrected chi connectivity index (χ4v) is 1.26. The molecule has 2 aromatic rings. The van der Waals surface area contributed by atoms with Crippen LogP contribution in [0.3, 0.4) is 0 Å². The molecule has 0 fully saturated rings. The summed E-state index contributed by atoms with van der Waals surface area (Å²) in [7, 11) is 0. The fourth-order valence-electron chi connectivity index (χ4n) is 1.26. The molecule has 0 saturated heterocycles. The number of phenolic OH excluding ortho intramolecular Hbond substituents is 1. The summed E-state index contributed by atoms with van der Waals surface area (Å²) in [6.45, 7) is 2.96. The number of hydrogen-bond acceptors (Lipinski definition) is 2. The van der Waals surface area contributed by atoms with Crippen LogP contribution in [-0.4, -0.2) is 16.2 Å². The minimum absolute atomic E-state index is 0.321. The van der Waals surface area contributed by atoms with Gasteiger partial charge in [-0.15, -0.1) is 0 Å². The smallest absolute Gasteiger partial charge is 0.327 e. The average Bonchev–Trinajstić information content (AvgIpc) is 2.34. The van der Waals surface area contributed by atoms with Crippen molar-refractivity contribution in [2.75, 3.05) is 0 Å². The molecular weight excluding hydrogens is 242 g/mol. The first-order chi connectivity index (χ1) is 8.45. The Labute approximate surface area is 102 Å². The Hall–Kier alpha value is -2.43. The zero-order valence-electron chi connectivity index (χ0n) is 9.23. The normalized spacial score (nSPS) is 9.44. The van der Waals surface area contributed by atoms with Gasteiger partial charge in [0.2, 0.25) is 0 Å². The highest BCUT2D eigenvalue weighted by molar-refractivity contribution is 5.88. The maximum Gasteiger partial charge on any atom is 0.327 e. The average molecular weight is 252 g/mol. The number of rotatable bonds is 1. The van der Waals surface area contributed by atoms with Gasteiger partial charge in [-0.05, 0) is 29.7 Å². The van der Waals surface area contributed by atoms with Crippen molar-refractivity contribution in [1.29, 1.82) is 0 Å². The van der Waals surface area contributed by atoms with Crippen molar-refractivity contribution in [1.82, 2.24) is 0 Å². The van der Waals surface area contributed by atoms with Crippen molar-refractivity contribution in [2.24, 2.45) is 0 Å². The second-order valence-corrected chi connectivity index (χ2v) is 3.30. The van der Waals surface area contributed by atoms with Crippen LogP contribution >= 0.6 is 0 Å². The van der Waals surface area contributed by atoms with Crippen molar-refractivity contribution in [3.8, 4) is 5.75 Å². The Bertz CT molecular complexity index is 594. The molecule has 0 aliphatic rings. The highest BCUT2D eigenvalue weighted by Crippen LogP contribution is 2.27. The van der Waals surface area contributed by atoms with Crippen molar-refractivity contribution >= 4 is 16.7 Å². The lowest BCUT2D eigenvalue weighted by Crippen LogP contribution is -1.82. The van der Waals surface area contributed by atoms with Crippen molar-refractivity contribution in [3.63, 3.8) is 0 Å². The number of aliphatic carboxylic acids is 1. The molecule has 0 aliphatic carbocycles. The summed E-state index contributed by atoms with van der Waals surface area (Å²) in [6, 6.07) is 6.31. The number of halogens is 2. The molecule has 3 nitrogen and oxygen atoms in total. The number of phenols is 1. The second kappa shape index (κ2) is 5.77. The molecule has 0 bridgehead atoms. The Morgan fingerprint density at radius 2 is 1.83 bits per heavy atom. The standard InChI is InChI=1S/C10H6F2O.C3H4O2/c11-7-2-3-8-6(5-7)1-4-9(12)10(8)13;1-2-3(4)5/h1-5,13H;2H,1H2,(H,4,5). The maximum absolute atomic E-state index is 12.8. The third kappa shape index (κ3) is 3.28. The van der Waals surface area contributed by atoms with Crippen LogP contribution in [0.15, 0.2) is 43.0 Å². The van der Waals surface area contributed by atoms with E-state index in [0.717, 1.165) is 12.1 Å². The van der Waals surface area contributed by atoms with Gasteiger partial charge in [0, 0.05) is 11.5 Å². The molecule has 18 heavy (non-hydrogen) atoms. The molecule has 0 aliphatic heterocycles. The molecule has 0 heterocycles. The van der Waals surface area contributed by atoms with E-state index < -0.39 is 23.4 Å². The highest BCUT2D eigenvalue weighted by Gasteiger charge is 2.05. The Morgan fingerprint density at radius 1 is 1.22 bits per heavy atom. The third-order valence-corrected chi connectivity index (χ3v) is 2.08. The van der Waals surface area contributed by atoms with Crippen LogP contribution in [0, 0.1) is 11.6 Å². The van der Waals surface area contributed by atoms with E-state index in [-0.39, 0.29) is 0 Å². The van der Waals surface area contributed by atoms with Crippen LogP contribution in [0.25, 0.3) is 10.8 Å². The summed E-state index contributed by atoms with van der Waals surface area (Å²) in [5, 5.41) is 17.7. The summed E-state index contributed by atoms with van der Waals surface area (Å²) in [4.78, 5) is 9.25. The number of aromatic hydroxyl groups is 1. The third-order valence-electron chi connectivity index (χ3n) is 2.08. The van der Waals surface area contributed by atoms with Gasteiger partial charge in [-0.2, -0.15) is 0 Å². The summed E-state index contributed by atoms with van der Waals surface area (Å²) < 4.78 is 25.5. The van der Waals surface area contributed by atoms with E-state index in [1.165, 1.54) is 24.3 Å². The lowest BCUT2D eigenvalue weighted by molar-refractivity contribution is -0.131. The zero-order valence-corrected chi connectivity index (χ0v) is 9.23. The van der Waals surface area contributed by atoms with E-state index in [1.807, 2.05) is 0 Å². The van der Waals surface area contributed by atoms with E-state index in [1.54, 1.807) is 0 Å². The molecule has 0 aromatic heterocycles. The van der Waals surface area contributed by atoms with E-state index in [0.29, 0.717) is 10.8 Å². The summed E-state index contributed by atoms with van der Waals surface area (Å²) in [5.74, 6) is -2.51. The van der Waals surface area contributed by atoms with Gasteiger partial charge in [0.25, 0.3) is 0 Å². The number of fused-ring (bicyclic) bond motifs is 1. The van der Waals surface area contributed by atoms with Gasteiger partial charge < -0.3 is 10.2 Å². The molecule has 0 amide bonds. The van der Waals surface area contributed by atoms with Gasteiger partial charge in [0.05, 0.1) is 0 Å². The summed E-state index contributed by atoms with van der Waals surface area (Å²) >= 11 is 0. The lowest BCUT2D eigenvalue weighted by atomic mass is 10.1. The van der Waals surface area contributed by atoms with E-state index in [4.69, 9.17) is 5.11 Å². The molecule has 94 valence electrons. The predicted octanol–water partition coefficient (Wildman–Crippen LogP) is 3.08. The fraction of sp³-hybridized carbons (Fsp3) is 0. The first-order valence-electron chi connectivity index (χ1n) is 4.87. The van der Waals surface area contributed by atoms with Gasteiger partial charge >= 0.3 is 5.97 Å². The molecule has 0 radical (unpaired) electrons. The molecule has 0 spiro atoms. The maximum atomic E-state index is 12.8. The van der Waals surface area contributed by atoms with Gasteiger partial charge in [0.15, 0.2) is 11.6 Å². The Balaban J connectivity index is 0.000000280. The highest BCUT2D eigenvalue weighted by atomic mass is 19.1. The quantitative estimate of drug-likeness (QED) is 0.767. The van der Waals surface area contributed by atoms with Gasteiger partial charge in [0.1, 0.15) is 5.82 Å². The van der Waals surface area contributed by atoms with Crippen LogP contribution in [0.5, 0.6) is 5.75 Å². The van der Waals surface area contributed by atoms with E-state index in [2.05, 4.69) is 6.58 Å². The molecule has 0 saturated carbocycles. The van der Waals surface area contributed by atoms with Gasteiger partial charge in [-0.3, -0.25) is 0 Å². The largest absolute Gasteiger partial charge is 0.504 e. The monoisotopic (exact) mass is 252 g/mol. The second-order valence-electron chi connectivity index (χ2n) is 3.30. The molecule has 2 N–H and O–H groups in total. The minimum atomic E-state index is -0.981. The lowest BCUT2D eigenvalue weighted by Gasteiger charge is -2.01. The topological polar surface area (TPSA) is 57.5 Å². The Kier molecular flexibility index (Phi) is 4.37. The predicted molar refractivity (Wildman–Crippen MR) is 63.4 cm³/mol. The van der Waals surface area contributed by atoms with E-state index in [9.17, 15) is 18.7 Å². The van der Waals surface area contributed by atoms with Crippen LogP contribution < -0.4 is 0 Å². The zero-order chi connectivity index (χ0) is 13.7. The number of carbonyl (C=O) groups is 1. The summed E-state index contributed by atoms with van der Waals surface area (Å²) in [6.07, 6.45) is 0.833. The molecular formula is C13H10F2O3. The number of hydrogen-bond donors (Lipinski definition) is 2. The molecule has 5 heteroatoms. The van der Waals surface area contributed by atoms with Crippen LogP contribution in [-0.2, 0) is 4.79 Å². The molecule has 0 unspecified atom stereocenters. The van der Waals surface area contributed by atoms with Gasteiger partial charge in [-0.1, -0.05) is 12.6 Å². The van der Waals surface area contributed by atoms with Crippen LogP contribution in [0.4, 0.5) is 8.78 Å². The van der Waals surface area contributed by atoms with Crippen molar-refractivity contribution in [2.45, 2.75) is 0 Å². The SMILES string of the molecule is C=CC(=O)O.Oc1c(F)ccc2cc(F)ccc12. The van der Waals surface area contributed by atoms with Crippen molar-refractivity contribution in [3.05, 3.63) is 54.6 Å². The number of benzene rings is 2. The van der Waals surface area contributed by atoms with Crippen LogP contribution in [0.1, 0.15) is 0 Å². The first-order valence-corrected chi connectivity index (χ1v) is 4.87. The minimum Gasteiger partial charge on any atom is -0.504 e. The Morgan fingerprint density at radius 3 is 2.39 bits per heavy atom. The van der Waals surface area contributed by atoms with E-state index >= 15 is 0 Å². The molecule has 0 atom stereocenters. The molecule has 2 aromatic carbocycles. The van der Waals surface area contributed by atoms with Crippen molar-refractivity contribution < 1.29 is 23.8 Å². The summed E-state index contributed by atoms with van der Waals surface area (Å²) in [5.41, 5.74) is 0. The number of carboxylic acids is 1. The van der Waals surface area contributed by atoms with Crippen LogP contribution in [0.2, 0.25) is 0 Å². The van der Waals surface area contributed by atoms with Gasteiger partial charge in [-0.25, -0.2) is 13.6 Å². The molecule has 2 rings (SSSR count). The first kappa shape index (κ1) is 13.6.